The van der Waals surface area contributed by atoms with Crippen LogP contribution in [0.15, 0.2) is 12.1 Å². The minimum absolute atomic E-state index is 0. The molecule has 98 valence electrons. The van der Waals surface area contributed by atoms with Crippen LogP contribution in [0.1, 0.15) is 18.0 Å². The molecular weight excluding hydrogens is 249 g/mol. The molecule has 1 rings (SSSR count). The number of phenolic OH excluding ortho intramolecular Hbond substituents is 1. The minimum atomic E-state index is -0.592. The molecule has 1 atom stereocenters. The van der Waals surface area contributed by atoms with Gasteiger partial charge in [-0.1, -0.05) is 0 Å². The molecule has 0 bridgehead atoms. The molecule has 0 aromatic heterocycles. The van der Waals surface area contributed by atoms with Crippen LogP contribution in [-0.4, -0.2) is 26.0 Å². The van der Waals surface area contributed by atoms with Crippen LogP contribution in [0.2, 0.25) is 0 Å². The number of aromatic hydroxyl groups is 1. The highest BCUT2D eigenvalue weighted by atomic mass is 35.5. The Labute approximate surface area is 106 Å². The molecule has 0 radical (unpaired) electrons. The normalized spacial score (nSPS) is 11.5. The van der Waals surface area contributed by atoms with Gasteiger partial charge in [-0.3, -0.25) is 4.39 Å². The van der Waals surface area contributed by atoms with E-state index in [-0.39, 0.29) is 24.6 Å². The van der Waals surface area contributed by atoms with E-state index in [4.69, 9.17) is 15.2 Å². The molecule has 0 amide bonds. The Morgan fingerprint density at radius 1 is 1.35 bits per heavy atom. The summed E-state index contributed by atoms with van der Waals surface area (Å²) in [6, 6.07) is 2.44. The number of benzene rings is 1. The van der Waals surface area contributed by atoms with Crippen molar-refractivity contribution < 1.29 is 19.0 Å². The van der Waals surface area contributed by atoms with Gasteiger partial charge in [-0.15, -0.1) is 12.4 Å². The lowest BCUT2D eigenvalue weighted by Crippen LogP contribution is -2.12. The van der Waals surface area contributed by atoms with Gasteiger partial charge in [0.1, 0.15) is 17.2 Å². The quantitative estimate of drug-likeness (QED) is 0.857. The number of rotatable bonds is 5. The summed E-state index contributed by atoms with van der Waals surface area (Å²) in [6.07, 6.45) is 0.135. The van der Waals surface area contributed by atoms with E-state index in [2.05, 4.69) is 0 Å². The number of nitrogens with two attached hydrogens (primary N) is 1. The van der Waals surface area contributed by atoms with E-state index in [9.17, 15) is 9.50 Å². The van der Waals surface area contributed by atoms with E-state index in [1.54, 1.807) is 6.07 Å². The monoisotopic (exact) mass is 265 g/mol. The van der Waals surface area contributed by atoms with E-state index < -0.39 is 12.7 Å². The molecule has 0 aliphatic heterocycles. The number of ether oxygens (including phenoxy) is 2. The lowest BCUT2D eigenvalue weighted by atomic mass is 10.0. The second-order valence-corrected chi connectivity index (χ2v) is 3.35. The first-order valence-electron chi connectivity index (χ1n) is 4.90. The van der Waals surface area contributed by atoms with Crippen LogP contribution in [0, 0.1) is 0 Å². The molecule has 0 unspecified atom stereocenters. The predicted octanol–water partition coefficient (Wildman–Crippen LogP) is 2.19. The average Bonchev–Trinajstić information content (AvgIpc) is 2.27. The molecule has 6 heteroatoms. The summed E-state index contributed by atoms with van der Waals surface area (Å²) >= 11 is 0. The Hall–Kier alpha value is -1.20. The summed E-state index contributed by atoms with van der Waals surface area (Å²) in [7, 11) is 2.94. The van der Waals surface area contributed by atoms with Crippen molar-refractivity contribution in [2.45, 2.75) is 12.5 Å². The highest BCUT2D eigenvalue weighted by Crippen LogP contribution is 2.37. The zero-order chi connectivity index (χ0) is 12.1. The van der Waals surface area contributed by atoms with Crippen molar-refractivity contribution in [2.24, 2.45) is 5.73 Å². The maximum atomic E-state index is 12.2. The number of hydrogen-bond donors (Lipinski definition) is 2. The molecule has 0 fully saturated rings. The van der Waals surface area contributed by atoms with Gasteiger partial charge < -0.3 is 20.3 Å². The summed E-state index contributed by atoms with van der Waals surface area (Å²) in [5, 5.41) is 9.77. The van der Waals surface area contributed by atoms with Gasteiger partial charge in [0.25, 0.3) is 0 Å². The van der Waals surface area contributed by atoms with E-state index in [1.807, 2.05) is 0 Å². The maximum Gasteiger partial charge on any atom is 0.131 e. The summed E-state index contributed by atoms with van der Waals surface area (Å²) in [6.45, 7) is -0.546. The van der Waals surface area contributed by atoms with Gasteiger partial charge in [0, 0.05) is 18.2 Å². The minimum Gasteiger partial charge on any atom is -0.507 e. The molecule has 4 nitrogen and oxygen atoms in total. The van der Waals surface area contributed by atoms with Crippen molar-refractivity contribution in [3.05, 3.63) is 17.7 Å². The molecule has 0 saturated carbocycles. The third-order valence-corrected chi connectivity index (χ3v) is 2.34. The van der Waals surface area contributed by atoms with Crippen molar-refractivity contribution in [3.63, 3.8) is 0 Å². The van der Waals surface area contributed by atoms with Crippen molar-refractivity contribution in [3.8, 4) is 17.2 Å². The van der Waals surface area contributed by atoms with Crippen LogP contribution in [0.5, 0.6) is 17.2 Å². The van der Waals surface area contributed by atoms with Crippen LogP contribution in [0.3, 0.4) is 0 Å². The lowest BCUT2D eigenvalue weighted by molar-refractivity contribution is 0.368. The first-order valence-corrected chi connectivity index (χ1v) is 4.90. The summed E-state index contributed by atoms with van der Waals surface area (Å²) in [5.41, 5.74) is 6.16. The molecule has 0 spiro atoms. The van der Waals surface area contributed by atoms with Crippen LogP contribution in [-0.2, 0) is 0 Å². The summed E-state index contributed by atoms with van der Waals surface area (Å²) in [4.78, 5) is 0. The molecule has 1 aromatic rings. The van der Waals surface area contributed by atoms with Crippen LogP contribution in [0.25, 0.3) is 0 Å². The Morgan fingerprint density at radius 2 is 2.00 bits per heavy atom. The fourth-order valence-electron chi connectivity index (χ4n) is 1.51. The zero-order valence-corrected chi connectivity index (χ0v) is 10.6. The molecule has 3 N–H and O–H groups in total. The zero-order valence-electron chi connectivity index (χ0n) is 9.77. The van der Waals surface area contributed by atoms with Gasteiger partial charge >= 0.3 is 0 Å². The van der Waals surface area contributed by atoms with Crippen LogP contribution < -0.4 is 15.2 Å². The van der Waals surface area contributed by atoms with E-state index in [1.165, 1.54) is 20.3 Å². The van der Waals surface area contributed by atoms with Crippen LogP contribution in [0.4, 0.5) is 4.39 Å². The summed E-state index contributed by atoms with van der Waals surface area (Å²) in [5.74, 6) is 0.820. The Morgan fingerprint density at radius 3 is 2.47 bits per heavy atom. The van der Waals surface area contributed by atoms with E-state index in [0.29, 0.717) is 17.1 Å². The van der Waals surface area contributed by atoms with E-state index >= 15 is 0 Å². The maximum absolute atomic E-state index is 12.2. The lowest BCUT2D eigenvalue weighted by Gasteiger charge is -2.17. The van der Waals surface area contributed by atoms with Gasteiger partial charge in [-0.25, -0.2) is 0 Å². The fraction of sp³-hybridized carbons (Fsp3) is 0.455. The third kappa shape index (κ3) is 3.64. The standard InChI is InChI=1S/C11H16FNO3.ClH/c1-15-7-5-9(14)11(8(13)3-4-12)10(6-7)16-2;/h5-6,8,14H,3-4,13H2,1-2H3;1H/t8-;/m1./s1. The first kappa shape index (κ1) is 15.8. The van der Waals surface area contributed by atoms with Crippen molar-refractivity contribution in [1.82, 2.24) is 0 Å². The number of alkyl halides is 1. The highest BCUT2D eigenvalue weighted by molar-refractivity contribution is 5.85. The second-order valence-electron chi connectivity index (χ2n) is 3.35. The van der Waals surface area contributed by atoms with Gasteiger partial charge in [0.05, 0.1) is 26.5 Å². The van der Waals surface area contributed by atoms with Crippen molar-refractivity contribution in [1.29, 1.82) is 0 Å². The molecule has 0 saturated heterocycles. The largest absolute Gasteiger partial charge is 0.507 e. The highest BCUT2D eigenvalue weighted by Gasteiger charge is 2.18. The molecule has 17 heavy (non-hydrogen) atoms. The van der Waals surface area contributed by atoms with Gasteiger partial charge in [-0.05, 0) is 6.42 Å². The Balaban J connectivity index is 0.00000256. The van der Waals surface area contributed by atoms with Crippen molar-refractivity contribution in [2.75, 3.05) is 20.9 Å². The number of hydrogen-bond acceptors (Lipinski definition) is 4. The Kier molecular flexibility index (Phi) is 6.68. The molecule has 0 aliphatic carbocycles. The molecule has 0 aliphatic rings. The number of methoxy groups -OCH3 is 2. The second kappa shape index (κ2) is 7.19. The fourth-order valence-corrected chi connectivity index (χ4v) is 1.51. The smallest absolute Gasteiger partial charge is 0.131 e. The Bertz CT molecular complexity index is 363. The van der Waals surface area contributed by atoms with Crippen molar-refractivity contribution >= 4 is 12.4 Å². The summed E-state index contributed by atoms with van der Waals surface area (Å²) < 4.78 is 22.3. The predicted molar refractivity (Wildman–Crippen MR) is 66.0 cm³/mol. The topological polar surface area (TPSA) is 64.7 Å². The SMILES string of the molecule is COc1cc(O)c([C@H](N)CCF)c(OC)c1.Cl. The third-order valence-electron chi connectivity index (χ3n) is 2.34. The average molecular weight is 266 g/mol. The first-order chi connectivity index (χ1) is 7.63. The molecular formula is C11H17ClFNO3. The van der Waals surface area contributed by atoms with Gasteiger partial charge in [0.2, 0.25) is 0 Å². The van der Waals surface area contributed by atoms with Crippen LogP contribution >= 0.6 is 12.4 Å². The van der Waals surface area contributed by atoms with Gasteiger partial charge in [-0.2, -0.15) is 0 Å². The van der Waals surface area contributed by atoms with E-state index in [0.717, 1.165) is 0 Å². The van der Waals surface area contributed by atoms with Gasteiger partial charge in [0.15, 0.2) is 0 Å². The number of phenols is 1. The molecule has 0 heterocycles. The molecule has 1 aromatic carbocycles. The number of halogens is 2.